The van der Waals surface area contributed by atoms with Crippen molar-refractivity contribution in [3.63, 3.8) is 0 Å². The van der Waals surface area contributed by atoms with Crippen LogP contribution in [0.3, 0.4) is 0 Å². The van der Waals surface area contributed by atoms with Gasteiger partial charge in [-0.05, 0) is 57.2 Å². The van der Waals surface area contributed by atoms with E-state index in [-0.39, 0.29) is 45.2 Å². The number of hydrogen-bond donors (Lipinski definition) is 0. The molecule has 1 aliphatic rings. The molecule has 2 heterocycles. The van der Waals surface area contributed by atoms with E-state index in [4.69, 9.17) is 20.8 Å². The first-order chi connectivity index (χ1) is 17.2. The molecule has 36 heavy (non-hydrogen) atoms. The van der Waals surface area contributed by atoms with Crippen molar-refractivity contribution in [2.24, 2.45) is 0 Å². The summed E-state index contributed by atoms with van der Waals surface area (Å²) in [6, 6.07) is 15.6. The van der Waals surface area contributed by atoms with Gasteiger partial charge in [-0.1, -0.05) is 41.4 Å². The van der Waals surface area contributed by atoms with Crippen LogP contribution in [0.5, 0.6) is 5.75 Å². The highest BCUT2D eigenvalue weighted by Gasteiger charge is 2.37. The number of hydrogen-bond acceptors (Lipinski definition) is 6. The van der Waals surface area contributed by atoms with Crippen LogP contribution >= 0.6 is 11.6 Å². The maximum atomic E-state index is 13.4. The lowest BCUT2D eigenvalue weighted by Gasteiger charge is -2.17. The van der Waals surface area contributed by atoms with Crippen molar-refractivity contribution in [2.45, 2.75) is 26.8 Å². The third kappa shape index (κ3) is 3.87. The van der Waals surface area contributed by atoms with Crippen LogP contribution in [0.1, 0.15) is 50.5 Å². The van der Waals surface area contributed by atoms with Crippen LogP contribution < -0.4 is 10.2 Å². The molecule has 1 aromatic heterocycles. The minimum Gasteiger partial charge on any atom is -0.452 e. The predicted molar refractivity (Wildman–Crippen MR) is 135 cm³/mol. The van der Waals surface area contributed by atoms with E-state index < -0.39 is 23.2 Å². The van der Waals surface area contributed by atoms with Gasteiger partial charge in [0.05, 0.1) is 22.1 Å². The van der Waals surface area contributed by atoms with Gasteiger partial charge in [0.2, 0.25) is 11.2 Å². The molecular weight excluding hydrogens is 482 g/mol. The molecule has 0 spiro atoms. The van der Waals surface area contributed by atoms with Crippen molar-refractivity contribution >= 4 is 40.4 Å². The van der Waals surface area contributed by atoms with Crippen molar-refractivity contribution in [2.75, 3.05) is 0 Å². The zero-order valence-corrected chi connectivity index (χ0v) is 20.4. The molecule has 0 radical (unpaired) electrons. The Morgan fingerprint density at radius 3 is 2.31 bits per heavy atom. The lowest BCUT2D eigenvalue weighted by molar-refractivity contribution is 0.0608. The first kappa shape index (κ1) is 23.5. The average Bonchev–Trinajstić information content (AvgIpc) is 3.11. The first-order valence-corrected chi connectivity index (χ1v) is 11.6. The molecule has 180 valence electrons. The first-order valence-electron chi connectivity index (χ1n) is 11.2. The molecule has 0 saturated carbocycles. The lowest BCUT2D eigenvalue weighted by atomic mass is 10.1. The Morgan fingerprint density at radius 1 is 0.917 bits per heavy atom. The summed E-state index contributed by atoms with van der Waals surface area (Å²) in [6.07, 6.45) is 0. The lowest BCUT2D eigenvalue weighted by Crippen LogP contribution is -2.35. The predicted octanol–water partition coefficient (Wildman–Crippen LogP) is 5.65. The van der Waals surface area contributed by atoms with E-state index >= 15 is 0 Å². The molecule has 0 bridgehead atoms. The summed E-state index contributed by atoms with van der Waals surface area (Å²) in [5.41, 5.74) is 1.60. The molecule has 1 aliphatic heterocycles. The summed E-state index contributed by atoms with van der Waals surface area (Å²) < 4.78 is 11.6. The number of carbonyl (C=O) groups is 3. The van der Waals surface area contributed by atoms with Gasteiger partial charge in [0, 0.05) is 16.6 Å². The number of esters is 1. The summed E-state index contributed by atoms with van der Waals surface area (Å²) in [4.78, 5) is 53.0. The molecule has 0 fully saturated rings. The third-order valence-corrected chi connectivity index (χ3v) is 6.22. The summed E-state index contributed by atoms with van der Waals surface area (Å²) in [5, 5.41) is 0.482. The fraction of sp³-hybridized carbons (Fsp3) is 0.143. The second-order valence-electron chi connectivity index (χ2n) is 8.82. The maximum absolute atomic E-state index is 13.4. The van der Waals surface area contributed by atoms with E-state index in [1.54, 1.807) is 38.1 Å². The van der Waals surface area contributed by atoms with Crippen LogP contribution in [0.4, 0.5) is 0 Å². The van der Waals surface area contributed by atoms with E-state index in [2.05, 4.69) is 0 Å². The number of carbonyl (C=O) groups excluding carboxylic acids is 3. The molecule has 5 rings (SSSR count). The van der Waals surface area contributed by atoms with E-state index in [0.717, 1.165) is 10.5 Å². The molecular formula is C28H20ClNO6. The zero-order chi connectivity index (χ0) is 25.7. The van der Waals surface area contributed by atoms with Crippen LogP contribution in [0.25, 0.3) is 22.3 Å². The zero-order valence-electron chi connectivity index (χ0n) is 19.6. The number of amides is 2. The van der Waals surface area contributed by atoms with E-state index in [1.165, 1.54) is 24.3 Å². The largest absolute Gasteiger partial charge is 0.452 e. The van der Waals surface area contributed by atoms with Gasteiger partial charge in [0.25, 0.3) is 11.8 Å². The molecule has 0 unspecified atom stereocenters. The van der Waals surface area contributed by atoms with Crippen LogP contribution in [0.15, 0.2) is 69.9 Å². The molecule has 8 heteroatoms. The van der Waals surface area contributed by atoms with Gasteiger partial charge >= 0.3 is 5.97 Å². The molecule has 4 aromatic rings. The number of halogens is 1. The Labute approximate surface area is 210 Å². The number of fused-ring (bicyclic) bond motifs is 2. The molecule has 0 aliphatic carbocycles. The third-order valence-electron chi connectivity index (χ3n) is 5.99. The standard InChI is InChI=1S/C28H20ClNO6/c1-14(2)30-26(32)19-10-8-17(12-20(19)27(30)33)28(34)36-25-23(31)21-13-18(29)9-11-22(21)35-24(25)16-6-4-15(3)5-7-16/h4-14H,1-3H3. The van der Waals surface area contributed by atoms with Gasteiger partial charge in [0.1, 0.15) is 5.58 Å². The highest BCUT2D eigenvalue weighted by molar-refractivity contribution is 6.31. The van der Waals surface area contributed by atoms with Gasteiger partial charge in [-0.3, -0.25) is 19.3 Å². The summed E-state index contributed by atoms with van der Waals surface area (Å²) in [6.45, 7) is 5.38. The Morgan fingerprint density at radius 2 is 1.61 bits per heavy atom. The molecule has 0 atom stereocenters. The summed E-state index contributed by atoms with van der Waals surface area (Å²) in [5.74, 6) is -1.99. The van der Waals surface area contributed by atoms with Crippen molar-refractivity contribution in [3.05, 3.63) is 98.2 Å². The van der Waals surface area contributed by atoms with Crippen molar-refractivity contribution < 1.29 is 23.5 Å². The molecule has 2 amide bonds. The summed E-state index contributed by atoms with van der Waals surface area (Å²) >= 11 is 6.08. The topological polar surface area (TPSA) is 93.9 Å². The summed E-state index contributed by atoms with van der Waals surface area (Å²) in [7, 11) is 0. The molecule has 0 N–H and O–H groups in total. The van der Waals surface area contributed by atoms with Gasteiger partial charge in [0.15, 0.2) is 5.76 Å². The number of aryl methyl sites for hydroxylation is 1. The van der Waals surface area contributed by atoms with Gasteiger partial charge in [-0.25, -0.2) is 4.79 Å². The SMILES string of the molecule is Cc1ccc(-c2oc3ccc(Cl)cc3c(=O)c2OC(=O)c2ccc3c(c2)C(=O)N(C(C)C)C3=O)cc1. The van der Waals surface area contributed by atoms with Crippen LogP contribution in [0, 0.1) is 6.92 Å². The normalized spacial score (nSPS) is 13.0. The highest BCUT2D eigenvalue weighted by Crippen LogP contribution is 2.33. The van der Waals surface area contributed by atoms with Crippen molar-refractivity contribution in [3.8, 4) is 17.1 Å². The second kappa shape index (κ2) is 8.77. The fourth-order valence-corrected chi connectivity index (χ4v) is 4.32. The Bertz CT molecular complexity index is 1630. The molecule has 0 saturated heterocycles. The highest BCUT2D eigenvalue weighted by atomic mass is 35.5. The Kier molecular flexibility index (Phi) is 5.73. The number of ether oxygens (including phenoxy) is 1. The van der Waals surface area contributed by atoms with Crippen LogP contribution in [-0.4, -0.2) is 28.7 Å². The fourth-order valence-electron chi connectivity index (χ4n) is 4.15. The minimum absolute atomic E-state index is 0.0148. The Hall–Kier alpha value is -4.23. The monoisotopic (exact) mass is 501 g/mol. The quantitative estimate of drug-likeness (QED) is 0.265. The van der Waals surface area contributed by atoms with Gasteiger partial charge < -0.3 is 9.15 Å². The van der Waals surface area contributed by atoms with Crippen molar-refractivity contribution in [1.82, 2.24) is 4.90 Å². The molecule has 7 nitrogen and oxygen atoms in total. The maximum Gasteiger partial charge on any atom is 0.343 e. The number of rotatable bonds is 4. The number of nitrogens with zero attached hydrogens (tertiary/aromatic N) is 1. The number of benzene rings is 3. The van der Waals surface area contributed by atoms with Gasteiger partial charge in [-0.2, -0.15) is 0 Å². The average molecular weight is 502 g/mol. The van der Waals surface area contributed by atoms with Crippen LogP contribution in [-0.2, 0) is 0 Å². The van der Waals surface area contributed by atoms with E-state index in [1.807, 2.05) is 19.1 Å². The van der Waals surface area contributed by atoms with E-state index in [9.17, 15) is 19.2 Å². The molecule has 3 aromatic carbocycles. The van der Waals surface area contributed by atoms with E-state index in [0.29, 0.717) is 10.6 Å². The second-order valence-corrected chi connectivity index (χ2v) is 9.26. The van der Waals surface area contributed by atoms with Crippen molar-refractivity contribution in [1.29, 1.82) is 0 Å². The van der Waals surface area contributed by atoms with Crippen LogP contribution in [0.2, 0.25) is 5.02 Å². The van der Waals surface area contributed by atoms with Gasteiger partial charge in [-0.15, -0.1) is 0 Å². The Balaban J connectivity index is 1.60. The minimum atomic E-state index is -0.872. The number of imide groups is 1. The smallest absolute Gasteiger partial charge is 0.343 e.